The minimum Gasteiger partial charge on any atom is -0.494 e. The van der Waals surface area contributed by atoms with Crippen LogP contribution >= 0.6 is 0 Å². The lowest BCUT2D eigenvalue weighted by molar-refractivity contribution is 0.0954. The molecule has 2 aliphatic rings. The lowest BCUT2D eigenvalue weighted by Crippen LogP contribution is -2.14. The highest BCUT2D eigenvalue weighted by Gasteiger charge is 2.49. The molecule has 1 fully saturated rings. The number of hydrogen-bond acceptors (Lipinski definition) is 5. The normalized spacial score (nSPS) is 17.7. The van der Waals surface area contributed by atoms with Gasteiger partial charge in [-0.3, -0.25) is 9.59 Å². The number of halogens is 1. The lowest BCUT2D eigenvalue weighted by Gasteiger charge is -2.13. The molecule has 1 saturated carbocycles. The van der Waals surface area contributed by atoms with E-state index in [2.05, 4.69) is 20.6 Å². The van der Waals surface area contributed by atoms with Crippen LogP contribution in [-0.2, 0) is 6.42 Å². The molecule has 7 nitrogen and oxygen atoms in total. The third-order valence-electron chi connectivity index (χ3n) is 6.80. The number of methoxy groups -OCH3 is 1. The Morgan fingerprint density at radius 1 is 1.14 bits per heavy atom. The van der Waals surface area contributed by atoms with Crippen molar-refractivity contribution in [2.45, 2.75) is 12.8 Å². The van der Waals surface area contributed by atoms with Gasteiger partial charge in [0.25, 0.3) is 5.91 Å². The maximum Gasteiger partial charge on any atom is 0.256 e. The van der Waals surface area contributed by atoms with E-state index >= 15 is 0 Å². The predicted molar refractivity (Wildman–Crippen MR) is 134 cm³/mol. The molecule has 0 aliphatic heterocycles. The third-order valence-corrected chi connectivity index (χ3v) is 6.80. The number of rotatable bonds is 6. The number of pyridine rings is 1. The second kappa shape index (κ2) is 8.64. The van der Waals surface area contributed by atoms with Gasteiger partial charge in [0.2, 0.25) is 0 Å². The van der Waals surface area contributed by atoms with E-state index in [-0.39, 0.29) is 23.0 Å². The fourth-order valence-corrected chi connectivity index (χ4v) is 4.88. The van der Waals surface area contributed by atoms with Crippen molar-refractivity contribution in [3.63, 3.8) is 0 Å². The molecule has 0 saturated heterocycles. The predicted octanol–water partition coefficient (Wildman–Crippen LogP) is 5.60. The zero-order chi connectivity index (χ0) is 24.8. The summed E-state index contributed by atoms with van der Waals surface area (Å²) in [6, 6.07) is 17.3. The summed E-state index contributed by atoms with van der Waals surface area (Å²) in [5, 5.41) is 6.17. The minimum absolute atomic E-state index is 0.0630. The molecular weight excluding hydrogens is 459 g/mol. The van der Waals surface area contributed by atoms with E-state index in [4.69, 9.17) is 4.74 Å². The number of carbonyl (C=O) groups is 2. The zero-order valence-corrected chi connectivity index (χ0v) is 19.5. The molecule has 2 aliphatic carbocycles. The fraction of sp³-hybridized carbons (Fsp3) is 0.179. The minimum atomic E-state index is -0.622. The Morgan fingerprint density at radius 2 is 1.97 bits per heavy atom. The number of nitrogens with zero attached hydrogens (tertiary/aromatic N) is 1. The standard InChI is InChI=1S/C28H23FN4O3/c1-36-22-8-7-16(12-20(22)29)28(35)33-23-14-15(9-10-30-23)25-26(31-18-5-3-2-4-6-18)24-21(32-25)13-17-11-19(17)27(24)34/h2-10,12,14,17,19,31-32H,11,13H2,1H3,(H,30,33,35). The average molecular weight is 483 g/mol. The molecule has 8 heteroatoms. The Kier molecular flexibility index (Phi) is 5.29. The quantitative estimate of drug-likeness (QED) is 0.333. The first kappa shape index (κ1) is 22.0. The average Bonchev–Trinajstić information content (AvgIpc) is 3.59. The largest absolute Gasteiger partial charge is 0.494 e. The molecule has 180 valence electrons. The molecule has 6 rings (SSSR count). The van der Waals surface area contributed by atoms with Gasteiger partial charge in [-0.25, -0.2) is 9.37 Å². The lowest BCUT2D eigenvalue weighted by atomic mass is 9.95. The van der Waals surface area contributed by atoms with E-state index in [1.54, 1.807) is 12.3 Å². The summed E-state index contributed by atoms with van der Waals surface area (Å²) in [4.78, 5) is 33.7. The van der Waals surface area contributed by atoms with E-state index in [0.29, 0.717) is 17.3 Å². The van der Waals surface area contributed by atoms with Crippen LogP contribution in [0, 0.1) is 17.7 Å². The first-order chi connectivity index (χ1) is 17.5. The number of nitrogens with one attached hydrogen (secondary N) is 3. The van der Waals surface area contributed by atoms with E-state index in [1.807, 2.05) is 36.4 Å². The number of anilines is 3. The van der Waals surface area contributed by atoms with Crippen molar-refractivity contribution in [1.82, 2.24) is 9.97 Å². The number of ketones is 1. The highest BCUT2D eigenvalue weighted by molar-refractivity contribution is 6.10. The van der Waals surface area contributed by atoms with Gasteiger partial charge in [0, 0.05) is 34.6 Å². The van der Waals surface area contributed by atoms with Crippen molar-refractivity contribution in [2.75, 3.05) is 17.7 Å². The van der Waals surface area contributed by atoms with Gasteiger partial charge in [-0.2, -0.15) is 0 Å². The number of hydrogen-bond donors (Lipinski definition) is 3. The van der Waals surface area contributed by atoms with Crippen molar-refractivity contribution >= 4 is 28.9 Å². The van der Waals surface area contributed by atoms with Crippen LogP contribution in [0.25, 0.3) is 11.3 Å². The van der Waals surface area contributed by atoms with Gasteiger partial charge >= 0.3 is 0 Å². The van der Waals surface area contributed by atoms with E-state index in [9.17, 15) is 14.0 Å². The van der Waals surface area contributed by atoms with Gasteiger partial charge in [0.05, 0.1) is 24.1 Å². The van der Waals surface area contributed by atoms with Crippen LogP contribution in [0.4, 0.5) is 21.6 Å². The summed E-state index contributed by atoms with van der Waals surface area (Å²) >= 11 is 0. The van der Waals surface area contributed by atoms with E-state index in [1.165, 1.54) is 19.2 Å². The van der Waals surface area contributed by atoms with Crippen molar-refractivity contribution in [2.24, 2.45) is 11.8 Å². The van der Waals surface area contributed by atoms with Crippen LogP contribution in [-0.4, -0.2) is 28.8 Å². The van der Waals surface area contributed by atoms with Crippen molar-refractivity contribution in [3.05, 3.63) is 89.5 Å². The molecule has 2 unspecified atom stereocenters. The number of amides is 1. The Balaban J connectivity index is 1.34. The number of ether oxygens (including phenoxy) is 1. The van der Waals surface area contributed by atoms with Gasteiger partial charge in [0.1, 0.15) is 5.82 Å². The molecule has 2 aromatic heterocycles. The Morgan fingerprint density at radius 3 is 2.75 bits per heavy atom. The van der Waals surface area contributed by atoms with Gasteiger partial charge in [-0.1, -0.05) is 18.2 Å². The topological polar surface area (TPSA) is 96.1 Å². The molecule has 3 N–H and O–H groups in total. The number of carbonyl (C=O) groups excluding carboxylic acids is 2. The smallest absolute Gasteiger partial charge is 0.256 e. The van der Waals surface area contributed by atoms with E-state index < -0.39 is 11.7 Å². The van der Waals surface area contributed by atoms with E-state index in [0.717, 1.165) is 47.2 Å². The first-order valence-electron chi connectivity index (χ1n) is 11.7. The number of para-hydroxylation sites is 1. The number of aromatic nitrogens is 2. The molecular formula is C28H23FN4O3. The van der Waals surface area contributed by atoms with Crippen LogP contribution in [0.5, 0.6) is 5.75 Å². The summed E-state index contributed by atoms with van der Waals surface area (Å²) in [6.45, 7) is 0. The van der Waals surface area contributed by atoms with Gasteiger partial charge < -0.3 is 20.4 Å². The summed E-state index contributed by atoms with van der Waals surface area (Å²) in [7, 11) is 1.36. The molecule has 2 heterocycles. The first-order valence-corrected chi connectivity index (χ1v) is 11.7. The van der Waals surface area contributed by atoms with Gasteiger partial charge in [-0.05, 0) is 61.2 Å². The van der Waals surface area contributed by atoms with Crippen LogP contribution < -0.4 is 15.4 Å². The molecule has 0 radical (unpaired) electrons. The summed E-state index contributed by atoms with van der Waals surface area (Å²) in [6.07, 6.45) is 3.37. The zero-order valence-electron chi connectivity index (χ0n) is 19.5. The maximum atomic E-state index is 14.1. The van der Waals surface area contributed by atoms with Crippen LogP contribution in [0.2, 0.25) is 0 Å². The second-order valence-electron chi connectivity index (χ2n) is 9.12. The van der Waals surface area contributed by atoms with Crippen molar-refractivity contribution in [3.8, 4) is 17.0 Å². The summed E-state index contributed by atoms with van der Waals surface area (Å²) < 4.78 is 19.0. The number of benzene rings is 2. The Hall–Kier alpha value is -4.46. The van der Waals surface area contributed by atoms with Crippen LogP contribution in [0.3, 0.4) is 0 Å². The van der Waals surface area contributed by atoms with Gasteiger partial charge in [0.15, 0.2) is 17.3 Å². The van der Waals surface area contributed by atoms with Crippen molar-refractivity contribution in [1.29, 1.82) is 0 Å². The Bertz CT molecular complexity index is 1500. The van der Waals surface area contributed by atoms with Crippen molar-refractivity contribution < 1.29 is 18.7 Å². The highest BCUT2D eigenvalue weighted by Crippen LogP contribution is 2.51. The number of aromatic amines is 1. The maximum absolute atomic E-state index is 14.1. The fourth-order valence-electron chi connectivity index (χ4n) is 4.88. The number of H-pyrrole nitrogens is 1. The Labute approximate surface area is 206 Å². The molecule has 1 amide bonds. The molecule has 2 atom stereocenters. The second-order valence-corrected chi connectivity index (χ2v) is 9.12. The summed E-state index contributed by atoms with van der Waals surface area (Å²) in [5.74, 6) is -0.0543. The van der Waals surface area contributed by atoms with Gasteiger partial charge in [-0.15, -0.1) is 0 Å². The monoisotopic (exact) mass is 482 g/mol. The highest BCUT2D eigenvalue weighted by atomic mass is 19.1. The molecule has 4 aromatic rings. The summed E-state index contributed by atoms with van der Waals surface area (Å²) in [5.41, 5.74) is 4.91. The molecule has 36 heavy (non-hydrogen) atoms. The van der Waals surface area contributed by atoms with Crippen LogP contribution in [0.15, 0.2) is 66.9 Å². The molecule has 0 spiro atoms. The SMILES string of the molecule is COc1ccc(C(=O)Nc2cc(-c3[nH]c4c(c3Nc3ccccc3)C(=O)C3CC3C4)ccn2)cc1F. The van der Waals surface area contributed by atoms with Crippen LogP contribution in [0.1, 0.15) is 32.8 Å². The third kappa shape index (κ3) is 3.90. The number of Topliss-reactive ketones (excluding diaryl/α,β-unsaturated/α-hetero) is 1. The molecule has 2 aromatic carbocycles. The molecule has 0 bridgehead atoms. The number of fused-ring (bicyclic) bond motifs is 2.